The van der Waals surface area contributed by atoms with E-state index in [2.05, 4.69) is 65.3 Å². The molecule has 2 aromatic carbocycles. The van der Waals surface area contributed by atoms with Crippen molar-refractivity contribution in [3.05, 3.63) is 82.6 Å². The SMILES string of the molecule is Cc1ccccc1CN1C2=NCCN2C(=O)C2=C1CCN(Cc1ccccc1)C2.Cl. The Labute approximate surface area is 184 Å². The highest BCUT2D eigenvalue weighted by atomic mass is 35.5. The smallest absolute Gasteiger partial charge is 0.259 e. The summed E-state index contributed by atoms with van der Waals surface area (Å²) in [5.41, 5.74) is 5.97. The fourth-order valence-corrected chi connectivity index (χ4v) is 4.54. The third-order valence-electron chi connectivity index (χ3n) is 6.12. The molecule has 0 radical (unpaired) electrons. The van der Waals surface area contributed by atoms with Gasteiger partial charge in [0.15, 0.2) is 0 Å². The van der Waals surface area contributed by atoms with E-state index in [1.165, 1.54) is 22.4 Å². The summed E-state index contributed by atoms with van der Waals surface area (Å²) in [6.07, 6.45) is 0.882. The number of carbonyl (C=O) groups is 1. The molecule has 0 unspecified atom stereocenters. The van der Waals surface area contributed by atoms with Crippen LogP contribution in [0.3, 0.4) is 0 Å². The number of fused-ring (bicyclic) bond motifs is 1. The van der Waals surface area contributed by atoms with Gasteiger partial charge in [-0.2, -0.15) is 0 Å². The molecule has 2 aromatic rings. The molecule has 1 amide bonds. The van der Waals surface area contributed by atoms with Crippen molar-refractivity contribution >= 4 is 24.3 Å². The van der Waals surface area contributed by atoms with Gasteiger partial charge in [0.05, 0.1) is 18.7 Å². The number of guanidine groups is 1. The van der Waals surface area contributed by atoms with Crippen molar-refractivity contribution in [1.29, 1.82) is 0 Å². The van der Waals surface area contributed by atoms with Gasteiger partial charge in [-0.25, -0.2) is 0 Å². The van der Waals surface area contributed by atoms with Crippen molar-refractivity contribution in [3.63, 3.8) is 0 Å². The molecule has 30 heavy (non-hydrogen) atoms. The highest BCUT2D eigenvalue weighted by molar-refractivity contribution is 6.10. The third kappa shape index (κ3) is 3.75. The molecule has 3 heterocycles. The van der Waals surface area contributed by atoms with Crippen molar-refractivity contribution in [2.24, 2.45) is 4.99 Å². The summed E-state index contributed by atoms with van der Waals surface area (Å²) in [6.45, 7) is 6.84. The third-order valence-corrected chi connectivity index (χ3v) is 6.12. The highest BCUT2D eigenvalue weighted by Gasteiger charge is 2.41. The summed E-state index contributed by atoms with van der Waals surface area (Å²) in [6, 6.07) is 19.0. The minimum atomic E-state index is 0. The number of amides is 1. The van der Waals surface area contributed by atoms with Gasteiger partial charge >= 0.3 is 0 Å². The molecule has 3 aliphatic heterocycles. The predicted octanol–water partition coefficient (Wildman–Crippen LogP) is 3.59. The normalized spacial score (nSPS) is 18.7. The molecule has 0 saturated carbocycles. The van der Waals surface area contributed by atoms with Crippen LogP contribution in [0, 0.1) is 6.92 Å². The quantitative estimate of drug-likeness (QED) is 0.755. The minimum Gasteiger partial charge on any atom is -0.311 e. The molecular weight excluding hydrogens is 396 g/mol. The number of halogens is 1. The molecule has 3 aliphatic rings. The second-order valence-electron chi connectivity index (χ2n) is 8.02. The van der Waals surface area contributed by atoms with Crippen molar-refractivity contribution in [1.82, 2.24) is 14.7 Å². The lowest BCUT2D eigenvalue weighted by Crippen LogP contribution is -2.53. The van der Waals surface area contributed by atoms with Gasteiger partial charge in [0.1, 0.15) is 0 Å². The van der Waals surface area contributed by atoms with Gasteiger partial charge in [-0.05, 0) is 23.6 Å². The number of aryl methyl sites for hydroxylation is 1. The maximum Gasteiger partial charge on any atom is 0.259 e. The zero-order valence-electron chi connectivity index (χ0n) is 17.3. The van der Waals surface area contributed by atoms with E-state index in [1.54, 1.807) is 0 Å². The molecule has 0 bridgehead atoms. The Morgan fingerprint density at radius 2 is 1.73 bits per heavy atom. The molecule has 5 rings (SSSR count). The lowest BCUT2D eigenvalue weighted by atomic mass is 9.99. The largest absolute Gasteiger partial charge is 0.311 e. The Kier molecular flexibility index (Phi) is 5.93. The van der Waals surface area contributed by atoms with E-state index >= 15 is 0 Å². The van der Waals surface area contributed by atoms with Crippen molar-refractivity contribution in [2.75, 3.05) is 26.2 Å². The molecule has 0 fully saturated rings. The molecule has 0 aromatic heterocycles. The van der Waals surface area contributed by atoms with E-state index in [1.807, 2.05) is 11.0 Å². The Hall–Kier alpha value is -2.63. The van der Waals surface area contributed by atoms with E-state index < -0.39 is 0 Å². The van der Waals surface area contributed by atoms with Crippen LogP contribution in [0.2, 0.25) is 0 Å². The molecule has 156 valence electrons. The standard InChI is InChI=1S/C24H26N4O.ClH/c1-18-7-5-6-10-20(18)16-28-22-11-13-26(15-19-8-3-2-4-9-19)17-21(22)23(29)27-14-12-25-24(27)28;/h2-10H,11-17H2,1H3;1H. The van der Waals surface area contributed by atoms with Crippen LogP contribution < -0.4 is 0 Å². The Bertz CT molecular complexity index is 1000. The molecular formula is C24H27ClN4O. The molecule has 0 spiro atoms. The average molecular weight is 423 g/mol. The molecule has 5 nitrogen and oxygen atoms in total. The van der Waals surface area contributed by atoms with Crippen LogP contribution >= 0.6 is 12.4 Å². The molecule has 0 N–H and O–H groups in total. The first-order chi connectivity index (χ1) is 14.2. The van der Waals surface area contributed by atoms with Gasteiger partial charge in [0, 0.05) is 38.3 Å². The van der Waals surface area contributed by atoms with Crippen molar-refractivity contribution < 1.29 is 4.79 Å². The molecule has 0 saturated heterocycles. The van der Waals surface area contributed by atoms with Crippen molar-refractivity contribution in [2.45, 2.75) is 26.4 Å². The first-order valence-corrected chi connectivity index (χ1v) is 10.4. The van der Waals surface area contributed by atoms with Gasteiger partial charge in [0.25, 0.3) is 5.91 Å². The van der Waals surface area contributed by atoms with E-state index in [9.17, 15) is 4.79 Å². The molecule has 0 atom stereocenters. The summed E-state index contributed by atoms with van der Waals surface area (Å²) >= 11 is 0. The van der Waals surface area contributed by atoms with E-state index in [-0.39, 0.29) is 18.3 Å². The number of nitrogens with zero attached hydrogens (tertiary/aromatic N) is 4. The average Bonchev–Trinajstić information content (AvgIpc) is 3.23. The lowest BCUT2D eigenvalue weighted by molar-refractivity contribution is -0.124. The van der Waals surface area contributed by atoms with Crippen LogP contribution in [0.15, 0.2) is 70.9 Å². The number of carbonyl (C=O) groups excluding carboxylic acids is 1. The van der Waals surface area contributed by atoms with Crippen LogP contribution in [-0.2, 0) is 17.9 Å². The maximum absolute atomic E-state index is 13.2. The van der Waals surface area contributed by atoms with Crippen LogP contribution in [0.25, 0.3) is 0 Å². The number of hydrogen-bond donors (Lipinski definition) is 0. The number of benzene rings is 2. The van der Waals surface area contributed by atoms with Crippen LogP contribution in [-0.4, -0.2) is 52.7 Å². The lowest BCUT2D eigenvalue weighted by Gasteiger charge is -2.42. The monoisotopic (exact) mass is 422 g/mol. The predicted molar refractivity (Wildman–Crippen MR) is 121 cm³/mol. The fraction of sp³-hybridized carbons (Fsp3) is 0.333. The van der Waals surface area contributed by atoms with Gasteiger partial charge < -0.3 is 4.90 Å². The van der Waals surface area contributed by atoms with Gasteiger partial charge in [-0.15, -0.1) is 12.4 Å². The summed E-state index contributed by atoms with van der Waals surface area (Å²) in [7, 11) is 0. The summed E-state index contributed by atoms with van der Waals surface area (Å²) in [5, 5.41) is 0. The molecule has 6 heteroatoms. The fourth-order valence-electron chi connectivity index (χ4n) is 4.54. The first-order valence-electron chi connectivity index (χ1n) is 10.4. The van der Waals surface area contributed by atoms with E-state index in [0.29, 0.717) is 19.6 Å². The second kappa shape index (κ2) is 8.62. The van der Waals surface area contributed by atoms with Crippen LogP contribution in [0.5, 0.6) is 0 Å². The zero-order chi connectivity index (χ0) is 19.8. The van der Waals surface area contributed by atoms with Crippen LogP contribution in [0.1, 0.15) is 23.1 Å². The van der Waals surface area contributed by atoms with E-state index in [0.717, 1.165) is 37.6 Å². The summed E-state index contributed by atoms with van der Waals surface area (Å²) < 4.78 is 0. The summed E-state index contributed by atoms with van der Waals surface area (Å²) in [4.78, 5) is 24.5. The van der Waals surface area contributed by atoms with E-state index in [4.69, 9.17) is 4.99 Å². The summed E-state index contributed by atoms with van der Waals surface area (Å²) in [5.74, 6) is 0.989. The zero-order valence-corrected chi connectivity index (χ0v) is 18.1. The minimum absolute atomic E-state index is 0. The topological polar surface area (TPSA) is 39.1 Å². The second-order valence-corrected chi connectivity index (χ2v) is 8.02. The number of aliphatic imine (C=N–C) groups is 1. The molecule has 0 aliphatic carbocycles. The Morgan fingerprint density at radius 1 is 0.967 bits per heavy atom. The van der Waals surface area contributed by atoms with Crippen molar-refractivity contribution in [3.8, 4) is 0 Å². The maximum atomic E-state index is 13.2. The van der Waals surface area contributed by atoms with Gasteiger partial charge in [-0.3, -0.25) is 19.6 Å². The Balaban J connectivity index is 0.00000218. The van der Waals surface area contributed by atoms with Crippen LogP contribution in [0.4, 0.5) is 0 Å². The number of hydrogen-bond acceptors (Lipinski definition) is 4. The number of rotatable bonds is 4. The Morgan fingerprint density at radius 3 is 2.53 bits per heavy atom. The first kappa shape index (κ1) is 20.6. The van der Waals surface area contributed by atoms with Gasteiger partial charge in [-0.1, -0.05) is 54.6 Å². The van der Waals surface area contributed by atoms with Gasteiger partial charge in [0.2, 0.25) is 5.96 Å². The highest BCUT2D eigenvalue weighted by Crippen LogP contribution is 2.32.